The molecule has 18 atom stereocenters. The summed E-state index contributed by atoms with van der Waals surface area (Å²) in [5, 5.41) is 1.47. The Morgan fingerprint density at radius 2 is 0.574 bits per heavy atom. The van der Waals surface area contributed by atoms with Crippen LogP contribution in [0.15, 0.2) is 187 Å². The molecule has 3 aromatic carbocycles. The molecule has 8 nitrogen and oxygen atoms in total. The van der Waals surface area contributed by atoms with E-state index in [0.29, 0.717) is 115 Å². The molecule has 0 N–H and O–H groups in total. The second kappa shape index (κ2) is 52.4. The van der Waals surface area contributed by atoms with Gasteiger partial charge in [-0.3, -0.25) is 0 Å². The topological polar surface area (TPSA) is 73.8 Å². The Bertz CT molecular complexity index is 4640. The Kier molecular flexibility index (Phi) is 49.1. The summed E-state index contributed by atoms with van der Waals surface area (Å²) in [4.78, 5) is 0. The molecule has 0 bridgehead atoms. The number of rotatable bonds is 22. The van der Waals surface area contributed by atoms with E-state index in [1.54, 1.807) is 0 Å². The molecule has 2 radical (unpaired) electrons. The van der Waals surface area contributed by atoms with Gasteiger partial charge in [0.1, 0.15) is 0 Å². The zero-order chi connectivity index (χ0) is 103. The van der Waals surface area contributed by atoms with Crippen LogP contribution in [-0.2, 0) is 83.8 Å². The zero-order valence-corrected chi connectivity index (χ0v) is 115. The SMILES string of the molecule is CC(C)(C)[Si](C)(C)OC1=Cc2ccccc2C1.CC(C)(C)[Si](C)(C)OC1=Cc2ccccc2C1[Si](C)(C)C1C(O[Si](C)(C)C(C)(C)C)=Cc2ccccc21.CC(C)(C)[Si](C)(C)OC1CC2C=CC=CC2C1[Si](C)(C)C1C(O[Si](C)(C)C(C)(C)C)CC2C=CC=CC21.CC(C)(C)[Si]OC1CC2C=CC=CC2C1[Si](C)(C)C1C(O[Si](C)(C)C(C)(C)C)CC2C=CC=CC21.CCOCC.[CH3-].[CH3-].[CH3-].[CH3-].[Cl][Zr+2][Cl].[Cl][Zr+2][Cl]. The van der Waals surface area contributed by atoms with Gasteiger partial charge in [0, 0.05) is 55.1 Å². The average molecular weight is 2340 g/mol. The van der Waals surface area contributed by atoms with Gasteiger partial charge in [0.25, 0.3) is 0 Å². The fourth-order valence-electron chi connectivity index (χ4n) is 21.9. The number of ether oxygens (including phenoxy) is 1. The molecule has 11 aliphatic rings. The summed E-state index contributed by atoms with van der Waals surface area (Å²) in [5.41, 5.74) is 11.3. The van der Waals surface area contributed by atoms with Crippen LogP contribution >= 0.6 is 34.1 Å². The molecular formula is C117H198Cl4O8Si10Zr2. The Labute approximate surface area is 917 Å². The third-order valence-corrected chi connectivity index (χ3v) is 76.9. The first-order chi connectivity index (χ1) is 62.9. The van der Waals surface area contributed by atoms with Crippen molar-refractivity contribution in [3.8, 4) is 0 Å². The molecule has 4 fully saturated rings. The number of allylic oxidation sites excluding steroid dienone is 19. The standard InChI is InChI=1S/C32H56O2Si3.C32H48O2Si3.C30H50O2Si3.C15H22OSi.C4H10O.4CH3.4ClH.2Zr/c2*1-31(2,3)36(9,10)33-27-21-23-17-13-15-19-25(23)29(27)35(7,8)30-26-20-16-14-18-24(26)22-28(30)34-37(11,12)32(4,5)6;1-29(2,3)33-31-25-19-21-15-11-13-17-23(21)27(25)34(7,8)28-24-18-14-12-16-22(24)20-26(28)32-35(9,10)30(4,5)6;1-15(2,3)17(4,5)16-14-10-12-8-6-7-9-13(12)11-14;1-3-5-4-2;;;;;;;;;;/h13-20,23-30H,21-22H2,1-12H3;13-22,29-30H,1-12H3;11-18,21-28H,19-20H2,1-10H3;6-10H,11H2,1-5H3;3-4H2,1-2H3;4*1H3;4*1H;;/q;;;;;4*-1;;;;;2*+4/p-4. The molecule has 0 aromatic heterocycles. The second-order valence-corrected chi connectivity index (χ2v) is 106. The van der Waals surface area contributed by atoms with Gasteiger partial charge in [0.2, 0.25) is 34.7 Å². The predicted molar refractivity (Wildman–Crippen MR) is 642 cm³/mol. The van der Waals surface area contributed by atoms with Crippen LogP contribution in [0.3, 0.4) is 0 Å². The van der Waals surface area contributed by atoms with E-state index in [9.17, 15) is 0 Å². The van der Waals surface area contributed by atoms with E-state index in [-0.39, 0.29) is 65.0 Å². The van der Waals surface area contributed by atoms with Crippen molar-refractivity contribution in [3.05, 3.63) is 250 Å². The minimum absolute atomic E-state index is 0. The van der Waals surface area contributed by atoms with Gasteiger partial charge >= 0.3 is 75.7 Å². The third-order valence-electron chi connectivity index (χ3n) is 35.1. The molecule has 0 aliphatic heterocycles. The van der Waals surface area contributed by atoms with E-state index in [4.69, 9.17) is 69.8 Å². The van der Waals surface area contributed by atoms with E-state index >= 15 is 0 Å². The first-order valence-electron chi connectivity index (χ1n) is 51.7. The van der Waals surface area contributed by atoms with Crippen LogP contribution in [0.2, 0.25) is 175 Å². The van der Waals surface area contributed by atoms with Gasteiger partial charge in [0.05, 0.1) is 41.5 Å². The Morgan fingerprint density at radius 1 is 0.319 bits per heavy atom. The molecule has 4 saturated carbocycles. The molecule has 141 heavy (non-hydrogen) atoms. The van der Waals surface area contributed by atoms with Gasteiger partial charge < -0.3 is 65.4 Å². The number of halogens is 4. The minimum atomic E-state index is -2.13. The van der Waals surface area contributed by atoms with Crippen LogP contribution in [0.25, 0.3) is 18.2 Å². The van der Waals surface area contributed by atoms with Gasteiger partial charge in [-0.25, -0.2) is 0 Å². The molecule has 24 heteroatoms. The summed E-state index contributed by atoms with van der Waals surface area (Å²) in [6.07, 6.45) is 52.5. The molecule has 790 valence electrons. The van der Waals surface area contributed by atoms with Crippen molar-refractivity contribution >= 4 is 136 Å². The van der Waals surface area contributed by atoms with Crippen molar-refractivity contribution < 1.29 is 77.4 Å². The molecule has 0 saturated heterocycles. The fourth-order valence-corrected chi connectivity index (χ4v) is 45.9. The quantitative estimate of drug-likeness (QED) is 0.0728. The van der Waals surface area contributed by atoms with Crippen molar-refractivity contribution in [3.63, 3.8) is 0 Å². The fraction of sp³-hybridized carbons (Fsp3) is 0.624. The summed E-state index contributed by atoms with van der Waals surface area (Å²) in [6.45, 7) is 99.7. The summed E-state index contributed by atoms with van der Waals surface area (Å²) >= 11 is -1.65. The van der Waals surface area contributed by atoms with E-state index in [0.717, 1.165) is 25.4 Å². The van der Waals surface area contributed by atoms with Gasteiger partial charge in [-0.1, -0.05) is 355 Å². The first kappa shape index (κ1) is 132. The Hall–Kier alpha value is -0.905. The predicted octanol–water partition coefficient (Wildman–Crippen LogP) is 38.6. The van der Waals surface area contributed by atoms with E-state index < -0.39 is 116 Å². The van der Waals surface area contributed by atoms with Crippen LogP contribution in [0, 0.1) is 77.0 Å². The van der Waals surface area contributed by atoms with Crippen molar-refractivity contribution in [2.24, 2.45) is 47.3 Å². The molecule has 0 amide bonds. The first-order valence-corrected chi connectivity index (χ1v) is 92.2. The third kappa shape index (κ3) is 32.4. The molecule has 18 unspecified atom stereocenters. The van der Waals surface area contributed by atoms with Crippen LogP contribution in [-0.4, -0.2) is 122 Å². The average Bonchev–Trinajstić information content (AvgIpc) is 1.58. The van der Waals surface area contributed by atoms with Crippen molar-refractivity contribution in [1.82, 2.24) is 0 Å². The van der Waals surface area contributed by atoms with Gasteiger partial charge in [-0.2, -0.15) is 0 Å². The van der Waals surface area contributed by atoms with E-state index in [1.165, 1.54) is 70.6 Å². The van der Waals surface area contributed by atoms with Crippen LogP contribution in [0.4, 0.5) is 0 Å². The van der Waals surface area contributed by atoms with Crippen molar-refractivity contribution in [2.75, 3.05) is 13.2 Å². The van der Waals surface area contributed by atoms with Crippen LogP contribution < -0.4 is 0 Å². The summed E-state index contributed by atoms with van der Waals surface area (Å²) in [6, 6.07) is 26.5. The van der Waals surface area contributed by atoms with E-state index in [2.05, 4.69) is 451 Å². The van der Waals surface area contributed by atoms with Gasteiger partial charge in [0.15, 0.2) is 25.0 Å². The van der Waals surface area contributed by atoms with Gasteiger partial charge in [-0.05, 0) is 274 Å². The molecule has 3 aromatic rings. The van der Waals surface area contributed by atoms with Crippen LogP contribution in [0.5, 0.6) is 0 Å². The summed E-state index contributed by atoms with van der Waals surface area (Å²) in [5.74, 6) is 8.49. The Balaban J connectivity index is 0.000000383. The molecule has 0 spiro atoms. The summed E-state index contributed by atoms with van der Waals surface area (Å²) < 4.78 is 54.5. The van der Waals surface area contributed by atoms with E-state index in [1.807, 2.05) is 13.8 Å². The number of hydrogen-bond donors (Lipinski definition) is 0. The normalized spacial score (nSPS) is 26.3. The zero-order valence-electron chi connectivity index (χ0n) is 97.0. The molecular weight excluding hydrogens is 2140 g/mol. The maximum absolute atomic E-state index is 7.38. The molecule has 0 heterocycles. The summed E-state index contributed by atoms with van der Waals surface area (Å²) in [7, 11) is 3.14. The van der Waals surface area contributed by atoms with Crippen molar-refractivity contribution in [2.45, 2.75) is 402 Å². The molecule has 11 aliphatic carbocycles. The second-order valence-electron chi connectivity index (χ2n) is 53.0. The molecule has 14 rings (SSSR count). The monoisotopic (exact) mass is 2330 g/mol. The maximum atomic E-state index is 7.38. The number of benzene rings is 3. The van der Waals surface area contributed by atoms with Crippen LogP contribution in [0.1, 0.15) is 229 Å². The number of fused-ring (bicyclic) bond motifs is 7. The Morgan fingerprint density at radius 3 is 0.844 bits per heavy atom. The van der Waals surface area contributed by atoms with Gasteiger partial charge in [-0.15, -0.1) is 0 Å². The number of hydrogen-bond acceptors (Lipinski definition) is 8. The van der Waals surface area contributed by atoms with Crippen molar-refractivity contribution in [1.29, 1.82) is 0 Å².